The highest BCUT2D eigenvalue weighted by molar-refractivity contribution is 6.32. The number of phenolic OH excluding ortho intramolecular Hbond substituents is 3. The third kappa shape index (κ3) is 21.4. The van der Waals surface area contributed by atoms with Crippen molar-refractivity contribution in [3.05, 3.63) is 176 Å². The van der Waals surface area contributed by atoms with Gasteiger partial charge in [-0.25, -0.2) is 9.59 Å². The number of aliphatic carboxylic acids is 2. The summed E-state index contributed by atoms with van der Waals surface area (Å²) in [5.41, 5.74) is 15.0. The molecule has 42 heteroatoms. The number of carbonyl (C=O) groups excluding carboxylic acids is 7. The molecule has 0 radical (unpaired) electrons. The number of halogens is 3. The van der Waals surface area contributed by atoms with Crippen LogP contribution in [-0.2, 0) is 78.2 Å². The second kappa shape index (κ2) is 39.9. The number of aliphatic hydroxyl groups excluding tert-OH is 6. The largest absolute Gasteiger partial charge is 0.508 e. The molecule has 23 atom stereocenters. The Morgan fingerprint density at radius 2 is 1.22 bits per heavy atom. The van der Waals surface area contributed by atoms with E-state index in [1.807, 2.05) is 24.3 Å². The average Bonchev–Trinajstić information content (AvgIpc) is 0.760. The van der Waals surface area contributed by atoms with E-state index in [1.165, 1.54) is 39.8 Å². The molecule has 8 aliphatic rings. The second-order valence-electron chi connectivity index (χ2n) is 33.7. The van der Waals surface area contributed by atoms with Gasteiger partial charge in [-0.05, 0) is 146 Å². The zero-order valence-corrected chi connectivity index (χ0v) is 72.7. The predicted octanol–water partition coefficient (Wildman–Crippen LogP) is 3.70. The summed E-state index contributed by atoms with van der Waals surface area (Å²) in [5, 5.41) is 145. The fraction of sp³-hybridized carbons (Fsp3) is 0.420. The maximum Gasteiger partial charge on any atom is 0.334 e. The van der Waals surface area contributed by atoms with Crippen LogP contribution in [0.2, 0.25) is 15.1 Å². The SMILES string of the molecule is CC(C)C[C@@H](N)C(=O)N[C@@H]1C(=O)NC(CC(N)=O)C(=O)NC2C(=O)NC3C(=O)N[C@H](C(=O)NC(C(=O)O)c4cc(O)cc(O)c4-c4cc3ccc4O)[C@H](OC3CC(C)(N)C(O)C(C)O3)c3ccc(c(Cl)c3)Oc3cc2cc(c3OC2OC(CO)C(O)C(O)C2OC2CC(C)(NCC(OCc3ccc(-c4ccc(Cl)cc4)cc3)C(=O)O)C(O)C(C)O2)Oc2ccc(cc2Cl)C1O. The molecular weight excluding hydrogens is 1770 g/mol. The Bertz CT molecular complexity index is 5450. The number of aromatic hydroxyl groups is 3. The van der Waals surface area contributed by atoms with Gasteiger partial charge >= 0.3 is 11.9 Å². The average molecular weight is 1870 g/mol. The van der Waals surface area contributed by atoms with E-state index >= 15 is 24.0 Å². The Labute approximate surface area is 757 Å². The van der Waals surface area contributed by atoms with Gasteiger partial charge in [0.15, 0.2) is 42.3 Å². The molecule has 0 aromatic heterocycles. The third-order valence-electron chi connectivity index (χ3n) is 23.3. The molecule has 0 saturated carbocycles. The maximum absolute atomic E-state index is 16.6. The van der Waals surface area contributed by atoms with E-state index in [9.17, 15) is 75.3 Å². The molecule has 7 aromatic carbocycles. The molecule has 130 heavy (non-hydrogen) atoms. The fourth-order valence-electron chi connectivity index (χ4n) is 16.4. The number of fused-ring (bicyclic) bond motifs is 15. The number of ether oxygens (including phenoxy) is 9. The first-order chi connectivity index (χ1) is 61.5. The van der Waals surface area contributed by atoms with Gasteiger partial charge in [0.05, 0.1) is 60.1 Å². The molecule has 11 bridgehead atoms. The highest BCUT2D eigenvalue weighted by Crippen LogP contribution is 2.51. The molecule has 8 aliphatic heterocycles. The van der Waals surface area contributed by atoms with Gasteiger partial charge in [0, 0.05) is 58.2 Å². The van der Waals surface area contributed by atoms with Crippen LogP contribution in [0.1, 0.15) is 131 Å². The summed E-state index contributed by atoms with van der Waals surface area (Å²) in [5.74, 6) is -18.4. The standard InChI is InChI=1S/C88H99Cl3N10O29/c1-35(2)21-51(92)78(112)100-68-70(107)42-14-19-55(49(90)23-42)125-57-25-44-26-58(74(57)130-86-75(72(109)71(108)60(33-102)127-86)129-63-31-88(6,77(111)37(4)124-63)95-32-59(84(118)119)122-34-38-7-9-39(10-8-38)40-11-16-45(89)17-12-40)126-56-20-15-43(24-50(56)91)73(128-62-30-87(5,94)76(110)36(3)123-62)69-83(117)99-67(85(120)121)48-27-46(103)28-54(105)64(48)47-22-41(13-18-53(47)104)65(80(114)101-69)98-81(115)66(44)97-79(113)52(29-61(93)106)96-82(68)116/h7-20,22-28,35-37,51-52,59-60,62-63,65-73,75-77,86,95,102-105,107-111H,21,29-34,92,94H2,1-6H3,(H2,93,106)(H,96,116)(H,97,113)(H,98,115)(H,99,117)(H,100,112)(H,101,114)(H,118,119)(H,120,121)/t36?,37?,51-,52?,59?,60?,62?,63?,65?,66?,67?,68+,69+,70?,71?,72?,73-,75?,76?,77?,86?,87?,88?/m1/s1. The van der Waals surface area contributed by atoms with Gasteiger partial charge < -0.3 is 153 Å². The third-order valence-corrected chi connectivity index (χ3v) is 24.2. The normalized spacial score (nSPS) is 29.3. The Kier molecular flexibility index (Phi) is 29.6. The molecule has 24 N–H and O–H groups in total. The topological polar surface area (TPSA) is 622 Å². The highest BCUT2D eigenvalue weighted by atomic mass is 35.5. The summed E-state index contributed by atoms with van der Waals surface area (Å²) in [6.45, 7) is 7.72. The van der Waals surface area contributed by atoms with Gasteiger partial charge in [0.25, 0.3) is 0 Å². The number of aliphatic hydroxyl groups is 6. The van der Waals surface area contributed by atoms with Gasteiger partial charge in [-0.2, -0.15) is 0 Å². The number of amides is 7. The van der Waals surface area contributed by atoms with Crippen molar-refractivity contribution in [2.75, 3.05) is 13.2 Å². The van der Waals surface area contributed by atoms with Crippen LogP contribution >= 0.6 is 34.8 Å². The van der Waals surface area contributed by atoms with E-state index in [1.54, 1.807) is 38.1 Å². The molecule has 39 nitrogen and oxygen atoms in total. The van der Waals surface area contributed by atoms with Gasteiger partial charge in [0.2, 0.25) is 53.4 Å². The molecular formula is C88H99Cl3N10O29. The summed E-state index contributed by atoms with van der Waals surface area (Å²) < 4.78 is 58.5. The minimum Gasteiger partial charge on any atom is -0.508 e. The smallest absolute Gasteiger partial charge is 0.334 e. The van der Waals surface area contributed by atoms with Crippen LogP contribution < -0.4 is 68.6 Å². The summed E-state index contributed by atoms with van der Waals surface area (Å²) >= 11 is 20.7. The number of benzene rings is 7. The monoisotopic (exact) mass is 1860 g/mol. The van der Waals surface area contributed by atoms with Gasteiger partial charge in [-0.3, -0.25) is 33.6 Å². The van der Waals surface area contributed by atoms with Crippen molar-refractivity contribution in [3.8, 4) is 68.2 Å². The van der Waals surface area contributed by atoms with E-state index in [0.717, 1.165) is 77.9 Å². The summed E-state index contributed by atoms with van der Waals surface area (Å²) in [6, 6.07) is 12.9. The Morgan fingerprint density at radius 1 is 0.631 bits per heavy atom. The fourth-order valence-corrected chi connectivity index (χ4v) is 17.0. The van der Waals surface area contributed by atoms with Crippen LogP contribution in [0.25, 0.3) is 22.3 Å². The lowest BCUT2D eigenvalue weighted by Gasteiger charge is -2.48. The molecule has 696 valence electrons. The van der Waals surface area contributed by atoms with Crippen LogP contribution in [0.5, 0.6) is 46.0 Å². The number of carboxylic acid groups (broad SMARTS) is 2. The number of hydrogen-bond donors (Lipinski definition) is 21. The molecule has 3 fully saturated rings. The van der Waals surface area contributed by atoms with Crippen LogP contribution in [0.4, 0.5) is 0 Å². The van der Waals surface area contributed by atoms with Crippen LogP contribution in [0.15, 0.2) is 127 Å². The van der Waals surface area contributed by atoms with E-state index in [4.69, 9.17) is 94.6 Å². The van der Waals surface area contributed by atoms with Crippen LogP contribution in [0, 0.1) is 5.92 Å². The number of primary amides is 1. The zero-order valence-electron chi connectivity index (χ0n) is 70.4. The Morgan fingerprint density at radius 3 is 1.83 bits per heavy atom. The minimum absolute atomic E-state index is 0.0400. The second-order valence-corrected chi connectivity index (χ2v) is 34.9. The number of rotatable bonds is 22. The molecule has 0 aliphatic carbocycles. The van der Waals surface area contributed by atoms with Crippen molar-refractivity contribution >= 4 is 88.1 Å². The number of phenols is 3. The van der Waals surface area contributed by atoms with E-state index in [0.29, 0.717) is 10.6 Å². The molecule has 15 rings (SSSR count). The molecule has 7 amide bonds. The van der Waals surface area contributed by atoms with E-state index in [-0.39, 0.29) is 36.5 Å². The van der Waals surface area contributed by atoms with Gasteiger partial charge in [-0.1, -0.05) is 103 Å². The lowest BCUT2D eigenvalue weighted by molar-refractivity contribution is -0.334. The lowest BCUT2D eigenvalue weighted by atomic mass is 9.84. The van der Waals surface area contributed by atoms with E-state index in [2.05, 4.69) is 37.2 Å². The van der Waals surface area contributed by atoms with Crippen molar-refractivity contribution < 1.29 is 142 Å². The number of carboxylic acids is 2. The Balaban J connectivity index is 0.986. The number of hydrogen-bond acceptors (Lipinski definition) is 30. The molecule has 19 unspecified atom stereocenters. The van der Waals surface area contributed by atoms with Crippen molar-refractivity contribution in [2.45, 2.75) is 213 Å². The summed E-state index contributed by atoms with van der Waals surface area (Å²) in [6.07, 6.45) is -26.1. The zero-order chi connectivity index (χ0) is 94.1. The molecule has 7 aromatic rings. The van der Waals surface area contributed by atoms with Crippen LogP contribution in [0.3, 0.4) is 0 Å². The lowest BCUT2D eigenvalue weighted by Crippen LogP contribution is -2.66. The predicted molar refractivity (Wildman–Crippen MR) is 458 cm³/mol. The Hall–Kier alpha value is -11.2. The first-order valence-electron chi connectivity index (χ1n) is 41.3. The number of nitrogens with one attached hydrogen (secondary N) is 7. The van der Waals surface area contributed by atoms with Crippen molar-refractivity contribution in [1.29, 1.82) is 0 Å². The van der Waals surface area contributed by atoms with Crippen molar-refractivity contribution in [3.63, 3.8) is 0 Å². The first-order valence-corrected chi connectivity index (χ1v) is 42.4. The maximum atomic E-state index is 16.6. The van der Waals surface area contributed by atoms with Crippen LogP contribution in [-0.4, -0.2) is 232 Å². The van der Waals surface area contributed by atoms with E-state index < -0.39 is 303 Å². The summed E-state index contributed by atoms with van der Waals surface area (Å²) in [4.78, 5) is 133. The highest BCUT2D eigenvalue weighted by Gasteiger charge is 2.53. The first kappa shape index (κ1) is 96.4. The molecule has 3 saturated heterocycles. The van der Waals surface area contributed by atoms with Gasteiger partial charge in [0.1, 0.15) is 89.5 Å². The number of nitrogens with two attached hydrogens (primary N) is 3. The molecule has 8 heterocycles. The van der Waals surface area contributed by atoms with Crippen molar-refractivity contribution in [2.24, 2.45) is 23.1 Å². The number of carbonyl (C=O) groups is 9. The van der Waals surface area contributed by atoms with Crippen molar-refractivity contribution in [1.82, 2.24) is 37.2 Å². The van der Waals surface area contributed by atoms with Gasteiger partial charge in [-0.15, -0.1) is 0 Å². The summed E-state index contributed by atoms with van der Waals surface area (Å²) in [7, 11) is 0. The quantitative estimate of drug-likeness (QED) is 0.0460. The molecule has 0 spiro atoms. The minimum atomic E-state index is -2.45.